The van der Waals surface area contributed by atoms with Gasteiger partial charge in [-0.3, -0.25) is 0 Å². The Kier molecular flexibility index (Phi) is 4.57. The lowest BCUT2D eigenvalue weighted by atomic mass is 10.2. The summed E-state index contributed by atoms with van der Waals surface area (Å²) < 4.78 is 5.10. The minimum atomic E-state index is -0.191. The molecule has 90 valence electrons. The first-order chi connectivity index (χ1) is 8.33. The van der Waals surface area contributed by atoms with E-state index >= 15 is 0 Å². The predicted octanol–water partition coefficient (Wildman–Crippen LogP) is 3.40. The molecule has 0 unspecified atom stereocenters. The van der Waals surface area contributed by atoms with E-state index in [0.29, 0.717) is 6.61 Å². The van der Waals surface area contributed by atoms with Crippen LogP contribution in [0.25, 0.3) is 4.91 Å². The highest BCUT2D eigenvalue weighted by atomic mass is 32.2. The van der Waals surface area contributed by atoms with Gasteiger partial charge >= 0.3 is 5.97 Å². The molecular weight excluding hydrogens is 252 g/mol. The van der Waals surface area contributed by atoms with E-state index in [1.165, 1.54) is 0 Å². The fourth-order valence-corrected chi connectivity index (χ4v) is 3.94. The summed E-state index contributed by atoms with van der Waals surface area (Å²) >= 11 is 3.34. The molecule has 0 N–H and O–H groups in total. The summed E-state index contributed by atoms with van der Waals surface area (Å²) in [6.07, 6.45) is 0. The molecule has 1 aromatic rings. The number of ether oxygens (including phenoxy) is 1. The average molecular weight is 266 g/mol. The van der Waals surface area contributed by atoms with Crippen molar-refractivity contribution in [2.24, 2.45) is 0 Å². The van der Waals surface area contributed by atoms with Crippen LogP contribution in [0.3, 0.4) is 0 Å². The summed E-state index contributed by atoms with van der Waals surface area (Å²) in [6.45, 7) is 2.26. The van der Waals surface area contributed by atoms with Crippen molar-refractivity contribution in [1.29, 1.82) is 0 Å². The van der Waals surface area contributed by atoms with Gasteiger partial charge in [-0.05, 0) is 12.5 Å². The van der Waals surface area contributed by atoms with Crippen molar-refractivity contribution in [2.75, 3.05) is 18.1 Å². The molecule has 2 rings (SSSR count). The monoisotopic (exact) mass is 266 g/mol. The first-order valence-electron chi connectivity index (χ1n) is 5.55. The number of carbonyl (C=O) groups excluding carboxylic acids is 1. The summed E-state index contributed by atoms with van der Waals surface area (Å²) in [4.78, 5) is 13.7. The third-order valence-electron chi connectivity index (χ3n) is 2.28. The van der Waals surface area contributed by atoms with Crippen LogP contribution >= 0.6 is 23.5 Å². The molecule has 0 atom stereocenters. The van der Waals surface area contributed by atoms with Crippen molar-refractivity contribution in [3.63, 3.8) is 0 Å². The number of rotatable bonds is 3. The van der Waals surface area contributed by atoms with Crippen LogP contribution in [-0.4, -0.2) is 24.1 Å². The molecule has 0 aliphatic carbocycles. The first kappa shape index (κ1) is 12.6. The van der Waals surface area contributed by atoms with Crippen LogP contribution in [0.4, 0.5) is 0 Å². The molecule has 0 fully saturated rings. The topological polar surface area (TPSA) is 26.3 Å². The highest BCUT2D eigenvalue weighted by molar-refractivity contribution is 8.14. The van der Waals surface area contributed by atoms with E-state index in [1.807, 2.05) is 37.3 Å². The molecule has 0 amide bonds. The van der Waals surface area contributed by atoms with E-state index < -0.39 is 0 Å². The Hall–Kier alpha value is -0.870. The lowest BCUT2D eigenvalue weighted by Gasteiger charge is -2.18. The Bertz CT molecular complexity index is 426. The molecule has 1 heterocycles. The molecular formula is C13H14O2S2. The van der Waals surface area contributed by atoms with Crippen molar-refractivity contribution in [3.05, 3.63) is 40.8 Å². The second-order valence-electron chi connectivity index (χ2n) is 3.44. The van der Waals surface area contributed by atoms with Gasteiger partial charge in [0.1, 0.15) is 4.91 Å². The molecule has 2 nitrogen and oxygen atoms in total. The van der Waals surface area contributed by atoms with Crippen LogP contribution in [0.1, 0.15) is 12.5 Å². The summed E-state index contributed by atoms with van der Waals surface area (Å²) in [7, 11) is 0. The van der Waals surface area contributed by atoms with Gasteiger partial charge in [0.05, 0.1) is 6.61 Å². The zero-order valence-electron chi connectivity index (χ0n) is 9.64. The highest BCUT2D eigenvalue weighted by Crippen LogP contribution is 2.40. The van der Waals surface area contributed by atoms with Crippen LogP contribution in [0, 0.1) is 0 Å². The third-order valence-corrected chi connectivity index (χ3v) is 4.87. The minimum Gasteiger partial charge on any atom is -0.462 e. The van der Waals surface area contributed by atoms with Crippen molar-refractivity contribution < 1.29 is 9.53 Å². The van der Waals surface area contributed by atoms with Gasteiger partial charge in [0, 0.05) is 16.4 Å². The number of hydrogen-bond donors (Lipinski definition) is 0. The van der Waals surface area contributed by atoms with Crippen molar-refractivity contribution in [3.8, 4) is 0 Å². The van der Waals surface area contributed by atoms with Gasteiger partial charge in [-0.2, -0.15) is 0 Å². The Balaban J connectivity index is 2.35. The average Bonchev–Trinajstić information content (AvgIpc) is 2.40. The Morgan fingerprint density at radius 1 is 1.24 bits per heavy atom. The molecule has 0 bridgehead atoms. The quantitative estimate of drug-likeness (QED) is 0.783. The Labute approximate surface area is 110 Å². The number of hydrogen-bond acceptors (Lipinski definition) is 4. The van der Waals surface area contributed by atoms with E-state index in [2.05, 4.69) is 0 Å². The van der Waals surface area contributed by atoms with E-state index in [4.69, 9.17) is 4.74 Å². The molecule has 0 spiro atoms. The molecule has 1 aliphatic rings. The van der Waals surface area contributed by atoms with Crippen LogP contribution in [0.5, 0.6) is 0 Å². The zero-order chi connectivity index (χ0) is 12.1. The lowest BCUT2D eigenvalue weighted by molar-refractivity contribution is -0.137. The van der Waals surface area contributed by atoms with E-state index in [-0.39, 0.29) is 5.97 Å². The first-order valence-corrected chi connectivity index (χ1v) is 7.52. The number of esters is 1. The molecule has 1 aromatic carbocycles. The maximum atomic E-state index is 11.9. The standard InChI is InChI=1S/C13H14O2S2/c1-2-15-13(14)12-11(16-8-9-17-12)10-6-4-3-5-7-10/h3-7H,2,8-9H2,1H3. The van der Waals surface area contributed by atoms with Crippen LogP contribution < -0.4 is 0 Å². The summed E-state index contributed by atoms with van der Waals surface area (Å²) in [5.41, 5.74) is 1.10. The van der Waals surface area contributed by atoms with E-state index in [9.17, 15) is 4.79 Å². The lowest BCUT2D eigenvalue weighted by Crippen LogP contribution is -2.10. The maximum absolute atomic E-state index is 11.9. The molecule has 0 saturated heterocycles. The normalized spacial score (nSPS) is 15.8. The number of thioether (sulfide) groups is 2. The fourth-order valence-electron chi connectivity index (χ4n) is 1.57. The minimum absolute atomic E-state index is 0.191. The van der Waals surface area contributed by atoms with Crippen molar-refractivity contribution in [2.45, 2.75) is 6.92 Å². The molecule has 17 heavy (non-hydrogen) atoms. The van der Waals surface area contributed by atoms with Gasteiger partial charge in [-0.25, -0.2) is 4.79 Å². The molecule has 0 aromatic heterocycles. The second kappa shape index (κ2) is 6.17. The van der Waals surface area contributed by atoms with Crippen LogP contribution in [0.2, 0.25) is 0 Å². The zero-order valence-corrected chi connectivity index (χ0v) is 11.3. The van der Waals surface area contributed by atoms with Gasteiger partial charge in [0.2, 0.25) is 0 Å². The summed E-state index contributed by atoms with van der Waals surface area (Å²) in [6, 6.07) is 10.0. The van der Waals surface area contributed by atoms with Gasteiger partial charge in [-0.1, -0.05) is 30.3 Å². The van der Waals surface area contributed by atoms with Crippen molar-refractivity contribution in [1.82, 2.24) is 0 Å². The van der Waals surface area contributed by atoms with Crippen LogP contribution in [0.15, 0.2) is 35.2 Å². The second-order valence-corrected chi connectivity index (χ2v) is 5.65. The van der Waals surface area contributed by atoms with E-state index in [1.54, 1.807) is 23.5 Å². The summed E-state index contributed by atoms with van der Waals surface area (Å²) in [5.74, 6) is 1.82. The predicted molar refractivity (Wildman–Crippen MR) is 74.9 cm³/mol. The number of benzene rings is 1. The molecule has 1 aliphatic heterocycles. The fraction of sp³-hybridized carbons (Fsp3) is 0.308. The molecule has 0 saturated carbocycles. The van der Waals surface area contributed by atoms with Gasteiger partial charge in [0.25, 0.3) is 0 Å². The SMILES string of the molecule is CCOC(=O)C1=C(c2ccccc2)SCCS1. The third kappa shape index (κ3) is 3.07. The van der Waals surface area contributed by atoms with Crippen molar-refractivity contribution >= 4 is 34.4 Å². The molecule has 4 heteroatoms. The Morgan fingerprint density at radius 3 is 2.65 bits per heavy atom. The van der Waals surface area contributed by atoms with Gasteiger partial charge < -0.3 is 4.74 Å². The smallest absolute Gasteiger partial charge is 0.345 e. The number of carbonyl (C=O) groups is 1. The maximum Gasteiger partial charge on any atom is 0.345 e. The van der Waals surface area contributed by atoms with Crippen LogP contribution in [-0.2, 0) is 9.53 Å². The van der Waals surface area contributed by atoms with E-state index in [0.717, 1.165) is 26.9 Å². The molecule has 0 radical (unpaired) electrons. The summed E-state index contributed by atoms with van der Waals surface area (Å²) in [5, 5.41) is 0. The van der Waals surface area contributed by atoms with Gasteiger partial charge in [0.15, 0.2) is 0 Å². The largest absolute Gasteiger partial charge is 0.462 e. The van der Waals surface area contributed by atoms with Gasteiger partial charge in [-0.15, -0.1) is 23.5 Å². The Morgan fingerprint density at radius 2 is 1.94 bits per heavy atom. The highest BCUT2D eigenvalue weighted by Gasteiger charge is 2.22.